The van der Waals surface area contributed by atoms with E-state index in [2.05, 4.69) is 38.0 Å². The number of nitrogens with zero attached hydrogens (tertiary/aromatic N) is 1. The van der Waals surface area contributed by atoms with Crippen LogP contribution in [0, 0.1) is 5.41 Å². The smallest absolute Gasteiger partial charge is 0.237 e. The molecule has 3 saturated heterocycles. The summed E-state index contributed by atoms with van der Waals surface area (Å²) in [7, 11) is 2.06. The van der Waals surface area contributed by atoms with Crippen LogP contribution < -0.4 is 5.32 Å². The summed E-state index contributed by atoms with van der Waals surface area (Å²) in [5.41, 5.74) is 0.293. The Hall–Kier alpha value is -0.570. The number of nitrogens with one attached hydrogen (secondary N) is 1. The molecule has 0 saturated carbocycles. The van der Waals surface area contributed by atoms with Gasteiger partial charge in [-0.05, 0) is 25.3 Å². The molecule has 1 N–H and O–H groups in total. The van der Waals surface area contributed by atoms with Gasteiger partial charge in [0.05, 0.1) is 6.04 Å². The molecule has 0 aromatic heterocycles. The fraction of sp³-hybridized carbons (Fsp3) is 0.909. The van der Waals surface area contributed by atoms with Gasteiger partial charge in [0, 0.05) is 12.1 Å². The van der Waals surface area contributed by atoms with Gasteiger partial charge in [-0.15, -0.1) is 0 Å². The molecule has 0 aromatic carbocycles. The fourth-order valence-corrected chi connectivity index (χ4v) is 2.62. The first-order chi connectivity index (χ1) is 6.38. The van der Waals surface area contributed by atoms with Gasteiger partial charge in [-0.3, -0.25) is 9.69 Å². The van der Waals surface area contributed by atoms with Crippen LogP contribution in [0.15, 0.2) is 0 Å². The summed E-state index contributed by atoms with van der Waals surface area (Å²) in [5, 5.41) is 3.12. The van der Waals surface area contributed by atoms with Crippen molar-refractivity contribution >= 4 is 5.91 Å². The number of rotatable bonds is 1. The molecule has 3 heteroatoms. The highest BCUT2D eigenvalue weighted by atomic mass is 16.2. The molecule has 0 radical (unpaired) electrons. The minimum absolute atomic E-state index is 0.163. The van der Waals surface area contributed by atoms with Crippen molar-refractivity contribution in [2.24, 2.45) is 5.41 Å². The molecule has 1 amide bonds. The summed E-state index contributed by atoms with van der Waals surface area (Å²) < 4.78 is 0. The number of carbonyl (C=O) groups is 1. The second-order valence-electron chi connectivity index (χ2n) is 5.86. The van der Waals surface area contributed by atoms with Gasteiger partial charge in [-0.1, -0.05) is 20.8 Å². The van der Waals surface area contributed by atoms with Gasteiger partial charge >= 0.3 is 0 Å². The number of likely N-dealkylation sites (N-methyl/N-ethyl adjacent to an activating group) is 1. The molecule has 3 aliphatic heterocycles. The monoisotopic (exact) mass is 196 g/mol. The number of hydrogen-bond acceptors (Lipinski definition) is 2. The molecular formula is C11H20N2O. The highest BCUT2D eigenvalue weighted by Crippen LogP contribution is 2.35. The van der Waals surface area contributed by atoms with E-state index in [4.69, 9.17) is 0 Å². The summed E-state index contributed by atoms with van der Waals surface area (Å²) in [6.07, 6.45) is 2.13. The van der Waals surface area contributed by atoms with E-state index in [1.807, 2.05) is 0 Å². The Morgan fingerprint density at radius 1 is 1.50 bits per heavy atom. The van der Waals surface area contributed by atoms with Gasteiger partial charge in [0.2, 0.25) is 5.91 Å². The molecule has 3 fully saturated rings. The minimum atomic E-state index is 0.163. The Bertz CT molecular complexity index is 257. The lowest BCUT2D eigenvalue weighted by molar-refractivity contribution is -0.145. The summed E-state index contributed by atoms with van der Waals surface area (Å²) in [5.74, 6) is 0.226. The quantitative estimate of drug-likeness (QED) is 0.678. The molecule has 0 aliphatic carbocycles. The van der Waals surface area contributed by atoms with Crippen LogP contribution in [0.3, 0.4) is 0 Å². The molecule has 14 heavy (non-hydrogen) atoms. The number of hydrogen-bond donors (Lipinski definition) is 1. The standard InChI is InChI=1S/C11H20N2O/c1-11(2,3)6-7-8-5-9(13(8)4)10(14)12-7/h7-9H,5-6H2,1-4H3,(H,12,14). The highest BCUT2D eigenvalue weighted by molar-refractivity contribution is 5.85. The average molecular weight is 196 g/mol. The van der Waals surface area contributed by atoms with Crippen LogP contribution in [-0.4, -0.2) is 36.0 Å². The molecule has 2 bridgehead atoms. The molecule has 80 valence electrons. The van der Waals surface area contributed by atoms with Crippen molar-refractivity contribution in [2.45, 2.75) is 51.7 Å². The van der Waals surface area contributed by atoms with Crippen LogP contribution in [0.5, 0.6) is 0 Å². The Morgan fingerprint density at radius 2 is 2.14 bits per heavy atom. The SMILES string of the molecule is CN1C2CC1C(CC(C)(C)C)NC2=O. The van der Waals surface area contributed by atoms with Crippen molar-refractivity contribution in [3.05, 3.63) is 0 Å². The lowest BCUT2D eigenvalue weighted by atomic mass is 9.76. The lowest BCUT2D eigenvalue weighted by Crippen LogP contribution is -2.73. The summed E-state index contributed by atoms with van der Waals surface area (Å²) in [6, 6.07) is 1.10. The number of fused-ring (bicyclic) bond motifs is 2. The largest absolute Gasteiger partial charge is 0.350 e. The second kappa shape index (κ2) is 2.96. The van der Waals surface area contributed by atoms with Crippen LogP contribution in [0.4, 0.5) is 0 Å². The predicted molar refractivity (Wildman–Crippen MR) is 56.0 cm³/mol. The van der Waals surface area contributed by atoms with E-state index in [0.29, 0.717) is 17.5 Å². The third-order valence-corrected chi connectivity index (χ3v) is 3.41. The van der Waals surface area contributed by atoms with Gasteiger partial charge < -0.3 is 5.32 Å². The zero-order valence-electron chi connectivity index (χ0n) is 9.50. The Morgan fingerprint density at radius 3 is 2.57 bits per heavy atom. The molecule has 3 rings (SSSR count). The van der Waals surface area contributed by atoms with Crippen LogP contribution in [0.2, 0.25) is 0 Å². The summed E-state index contributed by atoms with van der Waals surface area (Å²) >= 11 is 0. The van der Waals surface area contributed by atoms with Crippen LogP contribution in [-0.2, 0) is 4.79 Å². The van der Waals surface area contributed by atoms with E-state index < -0.39 is 0 Å². The van der Waals surface area contributed by atoms with E-state index in [1.54, 1.807) is 0 Å². The zero-order valence-corrected chi connectivity index (χ0v) is 9.50. The van der Waals surface area contributed by atoms with Gasteiger partial charge in [0.15, 0.2) is 0 Å². The number of piperazine rings is 1. The lowest BCUT2D eigenvalue weighted by Gasteiger charge is -2.55. The first-order valence-electron chi connectivity index (χ1n) is 5.41. The third kappa shape index (κ3) is 1.54. The predicted octanol–water partition coefficient (Wildman–Crippen LogP) is 0.994. The van der Waals surface area contributed by atoms with Gasteiger partial charge in [-0.2, -0.15) is 0 Å². The van der Waals surface area contributed by atoms with E-state index in [9.17, 15) is 4.79 Å². The Balaban J connectivity index is 2.03. The maximum absolute atomic E-state index is 11.6. The fourth-order valence-electron chi connectivity index (χ4n) is 2.62. The molecule has 3 nitrogen and oxygen atoms in total. The van der Waals surface area contributed by atoms with Crippen molar-refractivity contribution in [1.29, 1.82) is 0 Å². The number of piperidine rings is 1. The van der Waals surface area contributed by atoms with Crippen molar-refractivity contribution in [2.75, 3.05) is 7.05 Å². The van der Waals surface area contributed by atoms with Crippen molar-refractivity contribution in [3.8, 4) is 0 Å². The molecule has 0 aromatic rings. The number of carbonyl (C=O) groups excluding carboxylic acids is 1. The summed E-state index contributed by atoms with van der Waals surface area (Å²) in [4.78, 5) is 13.8. The van der Waals surface area contributed by atoms with Gasteiger partial charge in [-0.25, -0.2) is 0 Å². The minimum Gasteiger partial charge on any atom is -0.350 e. The van der Waals surface area contributed by atoms with Gasteiger partial charge in [0.25, 0.3) is 0 Å². The average Bonchev–Trinajstić information content (AvgIpc) is 1.97. The van der Waals surface area contributed by atoms with Gasteiger partial charge in [0.1, 0.15) is 0 Å². The zero-order chi connectivity index (χ0) is 10.5. The third-order valence-electron chi connectivity index (χ3n) is 3.41. The van der Waals surface area contributed by atoms with Crippen molar-refractivity contribution in [1.82, 2.24) is 10.2 Å². The Kier molecular flexibility index (Phi) is 2.11. The second-order valence-corrected chi connectivity index (χ2v) is 5.86. The van der Waals surface area contributed by atoms with Crippen molar-refractivity contribution < 1.29 is 4.79 Å². The molecule has 3 unspecified atom stereocenters. The van der Waals surface area contributed by atoms with E-state index in [1.165, 1.54) is 0 Å². The Labute approximate surface area is 85.8 Å². The van der Waals surface area contributed by atoms with Crippen LogP contribution >= 0.6 is 0 Å². The van der Waals surface area contributed by atoms with Crippen molar-refractivity contribution in [3.63, 3.8) is 0 Å². The maximum atomic E-state index is 11.6. The maximum Gasteiger partial charge on any atom is 0.237 e. The van der Waals surface area contributed by atoms with Crippen LogP contribution in [0.1, 0.15) is 33.6 Å². The normalized spacial score (nSPS) is 37.7. The van der Waals surface area contributed by atoms with E-state index in [0.717, 1.165) is 12.8 Å². The first kappa shape index (κ1) is 9.97. The molecule has 3 atom stereocenters. The molecule has 0 spiro atoms. The van der Waals surface area contributed by atoms with E-state index in [-0.39, 0.29) is 11.9 Å². The highest BCUT2D eigenvalue weighted by Gasteiger charge is 2.50. The molecular weight excluding hydrogens is 176 g/mol. The topological polar surface area (TPSA) is 32.3 Å². The van der Waals surface area contributed by atoms with Crippen LogP contribution in [0.25, 0.3) is 0 Å². The molecule has 3 aliphatic rings. The summed E-state index contributed by atoms with van der Waals surface area (Å²) in [6.45, 7) is 6.68. The number of amides is 1. The first-order valence-corrected chi connectivity index (χ1v) is 5.41. The molecule has 3 heterocycles. The van der Waals surface area contributed by atoms with E-state index >= 15 is 0 Å².